The molecule has 0 spiro atoms. The molecule has 1 atom stereocenters. The largest absolute Gasteiger partial charge is 0.303 e. The van der Waals surface area contributed by atoms with Crippen molar-refractivity contribution in [3.8, 4) is 6.07 Å². The van der Waals surface area contributed by atoms with Crippen molar-refractivity contribution in [2.24, 2.45) is 5.41 Å². The standard InChI is InChI=1S/C14H27N3/c1-5-16-14(4,11-15)7-6-9-17-10-8-13(2,3)12-17/h16H,5-10,12H2,1-4H3. The lowest BCUT2D eigenvalue weighted by atomic mass is 9.93. The molecule has 0 aliphatic carbocycles. The molecule has 0 aromatic carbocycles. The van der Waals surface area contributed by atoms with E-state index in [1.54, 1.807) is 0 Å². The molecule has 0 amide bonds. The first-order chi connectivity index (χ1) is 7.91. The first-order valence-corrected chi connectivity index (χ1v) is 6.79. The van der Waals surface area contributed by atoms with E-state index in [2.05, 4.69) is 37.1 Å². The lowest BCUT2D eigenvalue weighted by Gasteiger charge is -2.24. The van der Waals surface area contributed by atoms with E-state index in [-0.39, 0.29) is 5.54 Å². The smallest absolute Gasteiger partial charge is 0.103 e. The van der Waals surface area contributed by atoms with E-state index >= 15 is 0 Å². The summed E-state index contributed by atoms with van der Waals surface area (Å²) in [5.41, 5.74) is 0.143. The van der Waals surface area contributed by atoms with E-state index in [1.165, 1.54) is 19.5 Å². The number of rotatable bonds is 6. The summed E-state index contributed by atoms with van der Waals surface area (Å²) in [7, 11) is 0. The van der Waals surface area contributed by atoms with Gasteiger partial charge in [-0.05, 0) is 51.2 Å². The molecule has 17 heavy (non-hydrogen) atoms. The van der Waals surface area contributed by atoms with E-state index in [9.17, 15) is 0 Å². The summed E-state index contributed by atoms with van der Waals surface area (Å²) in [6.45, 7) is 13.2. The fraction of sp³-hybridized carbons (Fsp3) is 0.929. The number of likely N-dealkylation sites (tertiary alicyclic amines) is 1. The zero-order chi connectivity index (χ0) is 12.9. The third-order valence-corrected chi connectivity index (χ3v) is 3.72. The van der Waals surface area contributed by atoms with Crippen LogP contribution >= 0.6 is 0 Å². The highest BCUT2D eigenvalue weighted by Gasteiger charge is 2.29. The molecule has 1 saturated heterocycles. The summed E-state index contributed by atoms with van der Waals surface area (Å²) in [5.74, 6) is 0. The molecule has 3 heteroatoms. The van der Waals surface area contributed by atoms with Crippen LogP contribution in [0.25, 0.3) is 0 Å². The second-order valence-electron chi connectivity index (χ2n) is 6.27. The first-order valence-electron chi connectivity index (χ1n) is 6.79. The molecule has 0 aromatic rings. The summed E-state index contributed by atoms with van der Waals surface area (Å²) in [6.07, 6.45) is 3.34. The van der Waals surface area contributed by atoms with Crippen molar-refractivity contribution < 1.29 is 0 Å². The Hall–Kier alpha value is -0.590. The van der Waals surface area contributed by atoms with Crippen molar-refractivity contribution in [1.82, 2.24) is 10.2 Å². The van der Waals surface area contributed by atoms with Crippen LogP contribution in [-0.4, -0.2) is 36.6 Å². The van der Waals surface area contributed by atoms with Gasteiger partial charge in [0.2, 0.25) is 0 Å². The van der Waals surface area contributed by atoms with Crippen molar-refractivity contribution in [2.75, 3.05) is 26.2 Å². The van der Waals surface area contributed by atoms with E-state index < -0.39 is 0 Å². The molecule has 98 valence electrons. The highest BCUT2D eigenvalue weighted by molar-refractivity contribution is 5.03. The fourth-order valence-corrected chi connectivity index (χ4v) is 2.65. The van der Waals surface area contributed by atoms with Crippen molar-refractivity contribution in [3.63, 3.8) is 0 Å². The lowest BCUT2D eigenvalue weighted by Crippen LogP contribution is -2.41. The van der Waals surface area contributed by atoms with Crippen LogP contribution in [0.2, 0.25) is 0 Å². The maximum absolute atomic E-state index is 9.17. The predicted octanol–water partition coefficient (Wildman–Crippen LogP) is 2.39. The molecule has 1 aliphatic heterocycles. The Labute approximate surface area is 106 Å². The number of hydrogen-bond donors (Lipinski definition) is 1. The second-order valence-corrected chi connectivity index (χ2v) is 6.27. The fourth-order valence-electron chi connectivity index (χ4n) is 2.65. The Morgan fingerprint density at radius 1 is 1.47 bits per heavy atom. The van der Waals surface area contributed by atoms with Crippen molar-refractivity contribution >= 4 is 0 Å². The Balaban J connectivity index is 2.26. The minimum Gasteiger partial charge on any atom is -0.303 e. The lowest BCUT2D eigenvalue weighted by molar-refractivity contribution is 0.274. The molecule has 1 unspecified atom stereocenters. The molecule has 1 fully saturated rings. The first kappa shape index (κ1) is 14.5. The molecule has 3 nitrogen and oxygen atoms in total. The van der Waals surface area contributed by atoms with Gasteiger partial charge in [0.15, 0.2) is 0 Å². The van der Waals surface area contributed by atoms with E-state index in [1.807, 2.05) is 6.92 Å². The van der Waals surface area contributed by atoms with Gasteiger partial charge in [0.25, 0.3) is 0 Å². The summed E-state index contributed by atoms with van der Waals surface area (Å²) in [6, 6.07) is 2.39. The van der Waals surface area contributed by atoms with Gasteiger partial charge in [-0.15, -0.1) is 0 Å². The zero-order valence-corrected chi connectivity index (χ0v) is 11.8. The molecule has 0 saturated carbocycles. The molecule has 1 heterocycles. The molecule has 0 aromatic heterocycles. The van der Waals surface area contributed by atoms with E-state index in [4.69, 9.17) is 5.26 Å². The monoisotopic (exact) mass is 237 g/mol. The van der Waals surface area contributed by atoms with Crippen LogP contribution in [0.3, 0.4) is 0 Å². The highest BCUT2D eigenvalue weighted by atomic mass is 15.1. The van der Waals surface area contributed by atoms with E-state index in [0.717, 1.165) is 25.9 Å². The van der Waals surface area contributed by atoms with Gasteiger partial charge in [-0.1, -0.05) is 20.8 Å². The van der Waals surface area contributed by atoms with Gasteiger partial charge in [-0.2, -0.15) is 5.26 Å². The molecule has 1 N–H and O–H groups in total. The van der Waals surface area contributed by atoms with Crippen LogP contribution in [0.1, 0.15) is 47.0 Å². The van der Waals surface area contributed by atoms with E-state index in [0.29, 0.717) is 5.41 Å². The van der Waals surface area contributed by atoms with Gasteiger partial charge in [0, 0.05) is 6.54 Å². The summed E-state index contributed by atoms with van der Waals surface area (Å²) >= 11 is 0. The van der Waals surface area contributed by atoms with Crippen LogP contribution in [0.5, 0.6) is 0 Å². The van der Waals surface area contributed by atoms with Gasteiger partial charge in [0.05, 0.1) is 6.07 Å². The van der Waals surface area contributed by atoms with Gasteiger partial charge >= 0.3 is 0 Å². The summed E-state index contributed by atoms with van der Waals surface area (Å²) in [4.78, 5) is 2.53. The van der Waals surface area contributed by atoms with Crippen molar-refractivity contribution in [1.29, 1.82) is 5.26 Å². The molecular weight excluding hydrogens is 210 g/mol. The minimum absolute atomic E-state index is 0.343. The Morgan fingerprint density at radius 3 is 2.65 bits per heavy atom. The molecule has 0 radical (unpaired) electrons. The van der Waals surface area contributed by atoms with Crippen molar-refractivity contribution in [2.45, 2.75) is 52.5 Å². The van der Waals surface area contributed by atoms with Crippen molar-refractivity contribution in [3.05, 3.63) is 0 Å². The van der Waals surface area contributed by atoms with Gasteiger partial charge in [-0.3, -0.25) is 5.32 Å². The van der Waals surface area contributed by atoms with Gasteiger partial charge in [-0.25, -0.2) is 0 Å². The topological polar surface area (TPSA) is 39.1 Å². The maximum Gasteiger partial charge on any atom is 0.103 e. The third-order valence-electron chi connectivity index (χ3n) is 3.72. The Morgan fingerprint density at radius 2 is 2.18 bits per heavy atom. The molecule has 0 bridgehead atoms. The highest BCUT2D eigenvalue weighted by Crippen LogP contribution is 2.28. The van der Waals surface area contributed by atoms with Gasteiger partial charge in [0.1, 0.15) is 5.54 Å². The summed E-state index contributed by atoms with van der Waals surface area (Å²) in [5, 5.41) is 12.4. The molecule has 1 rings (SSSR count). The van der Waals surface area contributed by atoms with Crippen LogP contribution < -0.4 is 5.32 Å². The van der Waals surface area contributed by atoms with Crippen LogP contribution in [-0.2, 0) is 0 Å². The Kier molecular flexibility index (Phi) is 4.97. The molecular formula is C14H27N3. The SMILES string of the molecule is CCNC(C)(C#N)CCCN1CCC(C)(C)C1. The maximum atomic E-state index is 9.17. The second kappa shape index (κ2) is 5.84. The quantitative estimate of drug-likeness (QED) is 0.771. The normalized spacial score (nSPS) is 23.2. The minimum atomic E-state index is -0.343. The number of hydrogen-bond acceptors (Lipinski definition) is 3. The van der Waals surface area contributed by atoms with Crippen LogP contribution in [0.4, 0.5) is 0 Å². The Bertz CT molecular complexity index is 280. The zero-order valence-electron chi connectivity index (χ0n) is 11.8. The average Bonchev–Trinajstić information content (AvgIpc) is 2.59. The summed E-state index contributed by atoms with van der Waals surface area (Å²) < 4.78 is 0. The van der Waals surface area contributed by atoms with Gasteiger partial charge < -0.3 is 4.90 Å². The number of nitrogens with one attached hydrogen (secondary N) is 1. The molecule has 1 aliphatic rings. The third kappa shape index (κ3) is 4.65. The van der Waals surface area contributed by atoms with Crippen LogP contribution in [0.15, 0.2) is 0 Å². The average molecular weight is 237 g/mol. The van der Waals surface area contributed by atoms with Crippen LogP contribution in [0, 0.1) is 16.7 Å². The number of nitriles is 1. The predicted molar refractivity (Wildman–Crippen MR) is 71.8 cm³/mol. The number of nitrogens with zero attached hydrogens (tertiary/aromatic N) is 2.